The van der Waals surface area contributed by atoms with Crippen molar-refractivity contribution < 1.29 is 14.3 Å². The van der Waals surface area contributed by atoms with Gasteiger partial charge in [0.05, 0.1) is 13.7 Å². The first-order valence-electron chi connectivity index (χ1n) is 6.64. The summed E-state index contributed by atoms with van der Waals surface area (Å²) < 4.78 is 10.5. The largest absolute Gasteiger partial charge is 0.493 e. The summed E-state index contributed by atoms with van der Waals surface area (Å²) in [5.41, 5.74) is 2.57. The average molecular weight is 290 g/mol. The Bertz CT molecular complexity index is 561. The number of methoxy groups -OCH3 is 1. The van der Waals surface area contributed by atoms with Crippen LogP contribution in [0, 0.1) is 0 Å². The van der Waals surface area contributed by atoms with Gasteiger partial charge < -0.3 is 9.47 Å². The molecule has 0 amide bonds. The van der Waals surface area contributed by atoms with E-state index in [1.54, 1.807) is 11.3 Å². The second-order valence-corrected chi connectivity index (χ2v) is 5.20. The molecule has 4 heteroatoms. The first-order valence-corrected chi connectivity index (χ1v) is 7.58. The molecule has 0 spiro atoms. The van der Waals surface area contributed by atoms with Crippen LogP contribution in [0.1, 0.15) is 30.1 Å². The molecule has 0 bridgehead atoms. The Morgan fingerprint density at radius 1 is 1.25 bits per heavy atom. The SMILES string of the molecule is CCCCOc1ccc(-c2ccsc2)cc1C(=O)OC. The molecule has 0 atom stereocenters. The molecule has 0 unspecified atom stereocenters. The van der Waals surface area contributed by atoms with E-state index in [0.29, 0.717) is 17.9 Å². The minimum atomic E-state index is -0.367. The number of hydrogen-bond acceptors (Lipinski definition) is 4. The number of carbonyl (C=O) groups excluding carboxylic acids is 1. The number of rotatable bonds is 6. The van der Waals surface area contributed by atoms with Crippen LogP contribution in [0.3, 0.4) is 0 Å². The molecule has 20 heavy (non-hydrogen) atoms. The van der Waals surface area contributed by atoms with Gasteiger partial charge in [-0.2, -0.15) is 11.3 Å². The summed E-state index contributed by atoms with van der Waals surface area (Å²) in [7, 11) is 1.38. The second-order valence-electron chi connectivity index (χ2n) is 4.42. The van der Waals surface area contributed by atoms with Crippen molar-refractivity contribution in [3.8, 4) is 16.9 Å². The van der Waals surface area contributed by atoms with E-state index in [1.807, 2.05) is 35.0 Å². The van der Waals surface area contributed by atoms with Gasteiger partial charge in [0.2, 0.25) is 0 Å². The van der Waals surface area contributed by atoms with Crippen molar-refractivity contribution in [1.82, 2.24) is 0 Å². The predicted octanol–water partition coefficient (Wildman–Crippen LogP) is 4.38. The Morgan fingerprint density at radius 2 is 2.10 bits per heavy atom. The molecular formula is C16H18O3S. The van der Waals surface area contributed by atoms with Crippen LogP contribution in [0.2, 0.25) is 0 Å². The van der Waals surface area contributed by atoms with Crippen LogP contribution >= 0.6 is 11.3 Å². The van der Waals surface area contributed by atoms with Crippen LogP contribution in [0.15, 0.2) is 35.0 Å². The van der Waals surface area contributed by atoms with E-state index in [9.17, 15) is 4.79 Å². The van der Waals surface area contributed by atoms with Crippen molar-refractivity contribution >= 4 is 17.3 Å². The topological polar surface area (TPSA) is 35.5 Å². The predicted molar refractivity (Wildman–Crippen MR) is 81.5 cm³/mol. The summed E-state index contributed by atoms with van der Waals surface area (Å²) in [6.45, 7) is 2.71. The fourth-order valence-corrected chi connectivity index (χ4v) is 2.53. The molecule has 0 radical (unpaired) electrons. The van der Waals surface area contributed by atoms with Crippen LogP contribution in [0.4, 0.5) is 0 Å². The van der Waals surface area contributed by atoms with E-state index in [0.717, 1.165) is 24.0 Å². The van der Waals surface area contributed by atoms with Gasteiger partial charge in [-0.15, -0.1) is 0 Å². The fraction of sp³-hybridized carbons (Fsp3) is 0.312. The lowest BCUT2D eigenvalue weighted by Crippen LogP contribution is -2.07. The second kappa shape index (κ2) is 7.10. The molecule has 0 aliphatic rings. The summed E-state index contributed by atoms with van der Waals surface area (Å²) in [6, 6.07) is 7.67. The highest BCUT2D eigenvalue weighted by molar-refractivity contribution is 7.08. The van der Waals surface area contributed by atoms with Crippen molar-refractivity contribution in [2.24, 2.45) is 0 Å². The number of thiophene rings is 1. The van der Waals surface area contributed by atoms with Gasteiger partial charge in [0.25, 0.3) is 0 Å². The van der Waals surface area contributed by atoms with Gasteiger partial charge in [-0.3, -0.25) is 0 Å². The molecule has 3 nitrogen and oxygen atoms in total. The minimum Gasteiger partial charge on any atom is -0.493 e. The first-order chi connectivity index (χ1) is 9.76. The highest BCUT2D eigenvalue weighted by Gasteiger charge is 2.14. The standard InChI is InChI=1S/C16H18O3S/c1-3-4-8-19-15-6-5-12(13-7-9-20-11-13)10-14(15)16(17)18-2/h5-7,9-11H,3-4,8H2,1-2H3. The van der Waals surface area contributed by atoms with Crippen molar-refractivity contribution in [3.05, 3.63) is 40.6 Å². The van der Waals surface area contributed by atoms with Gasteiger partial charge in [0.15, 0.2) is 0 Å². The van der Waals surface area contributed by atoms with Crippen molar-refractivity contribution in [2.75, 3.05) is 13.7 Å². The zero-order chi connectivity index (χ0) is 14.4. The van der Waals surface area contributed by atoms with Crippen LogP contribution in [-0.4, -0.2) is 19.7 Å². The van der Waals surface area contributed by atoms with Gasteiger partial charge in [-0.1, -0.05) is 19.4 Å². The quantitative estimate of drug-likeness (QED) is 0.585. The van der Waals surface area contributed by atoms with Crippen LogP contribution in [0.25, 0.3) is 11.1 Å². The van der Waals surface area contributed by atoms with Gasteiger partial charge in [-0.05, 0) is 46.5 Å². The molecule has 0 aliphatic carbocycles. The molecule has 0 saturated heterocycles. The van der Waals surface area contributed by atoms with Crippen molar-refractivity contribution in [3.63, 3.8) is 0 Å². The summed E-state index contributed by atoms with van der Waals surface area (Å²) in [5.74, 6) is 0.220. The zero-order valence-corrected chi connectivity index (χ0v) is 12.5. The lowest BCUT2D eigenvalue weighted by atomic mass is 10.1. The van der Waals surface area contributed by atoms with Gasteiger partial charge >= 0.3 is 5.97 Å². The first kappa shape index (κ1) is 14.6. The summed E-state index contributed by atoms with van der Waals surface area (Å²) >= 11 is 1.63. The third-order valence-corrected chi connectivity index (χ3v) is 3.68. The number of benzene rings is 1. The summed E-state index contributed by atoms with van der Waals surface area (Å²) in [5, 5.41) is 4.06. The molecule has 0 N–H and O–H groups in total. The zero-order valence-electron chi connectivity index (χ0n) is 11.7. The molecule has 106 valence electrons. The maximum Gasteiger partial charge on any atom is 0.341 e. The molecule has 0 saturated carbocycles. The fourth-order valence-electron chi connectivity index (χ4n) is 1.86. The number of carbonyl (C=O) groups is 1. The Hall–Kier alpha value is -1.81. The van der Waals surface area contributed by atoms with E-state index in [4.69, 9.17) is 9.47 Å². The van der Waals surface area contributed by atoms with Crippen molar-refractivity contribution in [2.45, 2.75) is 19.8 Å². The van der Waals surface area contributed by atoms with E-state index < -0.39 is 0 Å². The van der Waals surface area contributed by atoms with Gasteiger partial charge in [0, 0.05) is 0 Å². The highest BCUT2D eigenvalue weighted by atomic mass is 32.1. The molecule has 1 heterocycles. The maximum absolute atomic E-state index is 11.9. The summed E-state index contributed by atoms with van der Waals surface area (Å²) in [4.78, 5) is 11.9. The number of unbranched alkanes of at least 4 members (excludes halogenated alkanes) is 1. The lowest BCUT2D eigenvalue weighted by Gasteiger charge is -2.11. The maximum atomic E-state index is 11.9. The third kappa shape index (κ3) is 3.39. The van der Waals surface area contributed by atoms with Crippen molar-refractivity contribution in [1.29, 1.82) is 0 Å². The van der Waals surface area contributed by atoms with Gasteiger partial charge in [0.1, 0.15) is 11.3 Å². The number of ether oxygens (including phenoxy) is 2. The molecule has 1 aromatic heterocycles. The monoisotopic (exact) mass is 290 g/mol. The van der Waals surface area contributed by atoms with Crippen LogP contribution < -0.4 is 4.74 Å². The van der Waals surface area contributed by atoms with E-state index in [2.05, 4.69) is 6.92 Å². The lowest BCUT2D eigenvalue weighted by molar-refractivity contribution is 0.0596. The Labute approximate surface area is 123 Å². The normalized spacial score (nSPS) is 10.3. The average Bonchev–Trinajstić information content (AvgIpc) is 3.01. The molecule has 1 aromatic carbocycles. The van der Waals surface area contributed by atoms with Crippen LogP contribution in [-0.2, 0) is 4.74 Å². The molecule has 2 aromatic rings. The number of hydrogen-bond donors (Lipinski definition) is 0. The molecule has 0 fully saturated rings. The third-order valence-electron chi connectivity index (χ3n) is 2.99. The highest BCUT2D eigenvalue weighted by Crippen LogP contribution is 2.28. The molecule has 2 rings (SSSR count). The Morgan fingerprint density at radius 3 is 2.75 bits per heavy atom. The summed E-state index contributed by atoms with van der Waals surface area (Å²) in [6.07, 6.45) is 2.02. The molecule has 0 aliphatic heterocycles. The Balaban J connectivity index is 2.30. The van der Waals surface area contributed by atoms with E-state index in [-0.39, 0.29) is 5.97 Å². The molecular weight excluding hydrogens is 272 g/mol. The Kier molecular flexibility index (Phi) is 5.18. The van der Waals surface area contributed by atoms with E-state index >= 15 is 0 Å². The minimum absolute atomic E-state index is 0.367. The number of esters is 1. The smallest absolute Gasteiger partial charge is 0.341 e. The van der Waals surface area contributed by atoms with Gasteiger partial charge in [-0.25, -0.2) is 4.79 Å². The van der Waals surface area contributed by atoms with Crippen LogP contribution in [0.5, 0.6) is 5.75 Å². The van der Waals surface area contributed by atoms with E-state index in [1.165, 1.54) is 7.11 Å².